The number of amides is 5. The van der Waals surface area contributed by atoms with Crippen LogP contribution in [-0.4, -0.2) is 86.8 Å². The number of nitrogens with one attached hydrogen (secondary N) is 3. The molecular weight excluding hydrogens is 592 g/mol. The summed E-state index contributed by atoms with van der Waals surface area (Å²) in [5, 5.41) is 8.03. The molecule has 0 aromatic heterocycles. The molecule has 0 spiro atoms. The van der Waals surface area contributed by atoms with Gasteiger partial charge in [0.2, 0.25) is 11.8 Å². The van der Waals surface area contributed by atoms with Crippen molar-refractivity contribution in [3.8, 4) is 11.1 Å². The standard InChI is InChI=1S/C34H34N4O8/c39-29-13-12-28(31(40)37-29)38-32(41)25-10-5-11-27(30(25)33(38)42)35-14-16-44-18-19-45-17-15-36-34(43)46-20-26-23-8-3-1-6-21(23)22-7-2-4-9-24(22)26/h1-11,26,28,35H,12-20H2,(H,36,43)(H,37,39,40). The molecule has 3 aromatic rings. The number of benzene rings is 3. The van der Waals surface area contributed by atoms with Crippen molar-refractivity contribution < 1.29 is 38.2 Å². The molecule has 1 fully saturated rings. The maximum atomic E-state index is 13.2. The summed E-state index contributed by atoms with van der Waals surface area (Å²) in [6.07, 6.45) is -0.341. The number of anilines is 1. The number of fused-ring (bicyclic) bond motifs is 4. The summed E-state index contributed by atoms with van der Waals surface area (Å²) in [4.78, 5) is 63.1. The minimum absolute atomic E-state index is 0.000597. The van der Waals surface area contributed by atoms with Crippen LogP contribution in [0.2, 0.25) is 0 Å². The first-order valence-corrected chi connectivity index (χ1v) is 15.3. The van der Waals surface area contributed by atoms with Gasteiger partial charge >= 0.3 is 6.09 Å². The van der Waals surface area contributed by atoms with E-state index in [4.69, 9.17) is 14.2 Å². The molecule has 1 atom stereocenters. The molecule has 5 amide bonds. The summed E-state index contributed by atoms with van der Waals surface area (Å²) in [5.41, 5.74) is 5.53. The van der Waals surface area contributed by atoms with Gasteiger partial charge < -0.3 is 24.8 Å². The second kappa shape index (κ2) is 13.9. The van der Waals surface area contributed by atoms with E-state index in [1.165, 1.54) is 11.1 Å². The smallest absolute Gasteiger partial charge is 0.407 e. The number of carbonyl (C=O) groups is 5. The summed E-state index contributed by atoms with van der Waals surface area (Å²) >= 11 is 0. The van der Waals surface area contributed by atoms with Crippen molar-refractivity contribution in [2.75, 3.05) is 51.4 Å². The molecule has 0 bridgehead atoms. The maximum Gasteiger partial charge on any atom is 0.407 e. The highest BCUT2D eigenvalue weighted by Crippen LogP contribution is 2.44. The Balaban J connectivity index is 0.857. The van der Waals surface area contributed by atoms with E-state index in [1.807, 2.05) is 24.3 Å². The average molecular weight is 627 g/mol. The Morgan fingerprint density at radius 3 is 2.13 bits per heavy atom. The minimum atomic E-state index is -1.02. The zero-order valence-electron chi connectivity index (χ0n) is 25.1. The lowest BCUT2D eigenvalue weighted by Crippen LogP contribution is -2.54. The highest BCUT2D eigenvalue weighted by Gasteiger charge is 2.45. The third kappa shape index (κ3) is 6.35. The first-order valence-electron chi connectivity index (χ1n) is 15.3. The van der Waals surface area contributed by atoms with Crippen LogP contribution in [0.4, 0.5) is 10.5 Å². The molecule has 2 heterocycles. The van der Waals surface area contributed by atoms with Gasteiger partial charge in [-0.25, -0.2) is 4.79 Å². The summed E-state index contributed by atoms with van der Waals surface area (Å²) in [6, 6.07) is 20.2. The number of rotatable bonds is 13. The summed E-state index contributed by atoms with van der Waals surface area (Å²) in [7, 11) is 0. The van der Waals surface area contributed by atoms with Crippen LogP contribution < -0.4 is 16.0 Å². The molecule has 3 N–H and O–H groups in total. The fourth-order valence-corrected chi connectivity index (χ4v) is 6.12. The van der Waals surface area contributed by atoms with Crippen LogP contribution in [0.25, 0.3) is 11.1 Å². The van der Waals surface area contributed by atoms with E-state index in [0.717, 1.165) is 16.0 Å². The van der Waals surface area contributed by atoms with Gasteiger partial charge in [0.15, 0.2) is 0 Å². The van der Waals surface area contributed by atoms with Gasteiger partial charge in [-0.3, -0.25) is 29.4 Å². The van der Waals surface area contributed by atoms with Crippen molar-refractivity contribution in [2.24, 2.45) is 0 Å². The first kappa shape index (κ1) is 30.9. The van der Waals surface area contributed by atoms with Crippen LogP contribution in [0.3, 0.4) is 0 Å². The molecule has 0 saturated carbocycles. The van der Waals surface area contributed by atoms with Crippen molar-refractivity contribution in [1.29, 1.82) is 0 Å². The zero-order valence-corrected chi connectivity index (χ0v) is 25.1. The number of piperidine rings is 1. The molecule has 3 aromatic carbocycles. The maximum absolute atomic E-state index is 13.2. The van der Waals surface area contributed by atoms with E-state index >= 15 is 0 Å². The summed E-state index contributed by atoms with van der Waals surface area (Å²) in [6.45, 7) is 2.14. The van der Waals surface area contributed by atoms with Gasteiger partial charge in [0.25, 0.3) is 11.8 Å². The van der Waals surface area contributed by atoms with E-state index in [2.05, 4.69) is 40.2 Å². The Morgan fingerprint density at radius 2 is 1.43 bits per heavy atom. The van der Waals surface area contributed by atoms with Crippen molar-refractivity contribution in [3.63, 3.8) is 0 Å². The van der Waals surface area contributed by atoms with Crippen LogP contribution in [0.15, 0.2) is 66.7 Å². The number of carbonyl (C=O) groups excluding carboxylic acids is 5. The Labute approximate surface area is 265 Å². The quantitative estimate of drug-likeness (QED) is 0.192. The fourth-order valence-electron chi connectivity index (χ4n) is 6.12. The Hall–Kier alpha value is -5.07. The number of hydrogen-bond acceptors (Lipinski definition) is 9. The van der Waals surface area contributed by atoms with Crippen molar-refractivity contribution in [2.45, 2.75) is 24.8 Å². The second-order valence-electron chi connectivity index (χ2n) is 11.1. The van der Waals surface area contributed by atoms with Crippen molar-refractivity contribution in [3.05, 3.63) is 89.0 Å². The largest absolute Gasteiger partial charge is 0.449 e. The van der Waals surface area contributed by atoms with Gasteiger partial charge in [0.1, 0.15) is 12.6 Å². The van der Waals surface area contributed by atoms with Crippen LogP contribution in [0.5, 0.6) is 0 Å². The number of ether oxygens (including phenoxy) is 3. The SMILES string of the molecule is O=C1CCC(N2C(=O)c3cccc(NCCOCCOCCNC(=O)OCC4c5ccccc5-c5ccccc54)c3C2=O)C(=O)N1. The molecule has 46 heavy (non-hydrogen) atoms. The highest BCUT2D eigenvalue weighted by atomic mass is 16.6. The van der Waals surface area contributed by atoms with Gasteiger partial charge in [0.05, 0.1) is 37.6 Å². The third-order valence-corrected chi connectivity index (χ3v) is 8.26. The predicted molar refractivity (Wildman–Crippen MR) is 166 cm³/mol. The molecule has 238 valence electrons. The highest BCUT2D eigenvalue weighted by molar-refractivity contribution is 6.25. The van der Waals surface area contributed by atoms with Crippen molar-refractivity contribution in [1.82, 2.24) is 15.5 Å². The Bertz CT molecular complexity index is 1630. The molecule has 1 saturated heterocycles. The molecule has 12 nitrogen and oxygen atoms in total. The molecule has 2 aliphatic heterocycles. The van der Waals surface area contributed by atoms with Crippen LogP contribution in [0, 0.1) is 0 Å². The average Bonchev–Trinajstić information content (AvgIpc) is 3.52. The summed E-state index contributed by atoms with van der Waals surface area (Å²) in [5.74, 6) is -2.20. The van der Waals surface area contributed by atoms with E-state index in [1.54, 1.807) is 18.2 Å². The molecule has 0 radical (unpaired) electrons. The van der Waals surface area contributed by atoms with Gasteiger partial charge in [-0.05, 0) is 40.8 Å². The Kier molecular flexibility index (Phi) is 9.36. The second-order valence-corrected chi connectivity index (χ2v) is 11.1. The number of alkyl carbamates (subject to hydrolysis) is 1. The van der Waals surface area contributed by atoms with Gasteiger partial charge in [-0.1, -0.05) is 54.6 Å². The van der Waals surface area contributed by atoms with Gasteiger partial charge in [0, 0.05) is 31.1 Å². The van der Waals surface area contributed by atoms with Crippen LogP contribution in [-0.2, 0) is 23.8 Å². The lowest BCUT2D eigenvalue weighted by atomic mass is 9.98. The van der Waals surface area contributed by atoms with Gasteiger partial charge in [-0.15, -0.1) is 0 Å². The molecule has 1 aliphatic carbocycles. The van der Waals surface area contributed by atoms with E-state index in [-0.39, 0.29) is 36.5 Å². The Morgan fingerprint density at radius 1 is 0.783 bits per heavy atom. The molecular formula is C34H34N4O8. The molecule has 3 aliphatic rings. The predicted octanol–water partition coefficient (Wildman–Crippen LogP) is 3.07. The van der Waals surface area contributed by atoms with E-state index < -0.39 is 35.8 Å². The fraction of sp³-hybridized carbons (Fsp3) is 0.324. The lowest BCUT2D eigenvalue weighted by molar-refractivity contribution is -0.136. The van der Waals surface area contributed by atoms with Crippen molar-refractivity contribution >= 4 is 35.4 Å². The minimum Gasteiger partial charge on any atom is -0.449 e. The topological polar surface area (TPSA) is 152 Å². The van der Waals surface area contributed by atoms with Crippen LogP contribution in [0.1, 0.15) is 50.6 Å². The van der Waals surface area contributed by atoms with Gasteiger partial charge in [-0.2, -0.15) is 0 Å². The molecule has 6 rings (SSSR count). The first-order chi connectivity index (χ1) is 22.4. The van der Waals surface area contributed by atoms with E-state index in [9.17, 15) is 24.0 Å². The monoisotopic (exact) mass is 626 g/mol. The molecule has 12 heteroatoms. The van der Waals surface area contributed by atoms with E-state index in [0.29, 0.717) is 45.2 Å². The number of nitrogens with zero attached hydrogens (tertiary/aromatic N) is 1. The van der Waals surface area contributed by atoms with Crippen LogP contribution >= 0.6 is 0 Å². The number of imide groups is 2. The lowest BCUT2D eigenvalue weighted by Gasteiger charge is -2.27. The third-order valence-electron chi connectivity index (χ3n) is 8.26. The molecule has 1 unspecified atom stereocenters. The summed E-state index contributed by atoms with van der Waals surface area (Å²) < 4.78 is 16.7. The zero-order chi connectivity index (χ0) is 32.0. The number of hydrogen-bond donors (Lipinski definition) is 3. The normalized spacial score (nSPS) is 17.0.